The molecule has 1 heterocycles. The van der Waals surface area contributed by atoms with E-state index >= 15 is 0 Å². The van der Waals surface area contributed by atoms with Crippen LogP contribution < -0.4 is 0 Å². The Labute approximate surface area is 243 Å². The van der Waals surface area contributed by atoms with Gasteiger partial charge in [0, 0.05) is 10.6 Å². The lowest BCUT2D eigenvalue weighted by atomic mass is 9.90. The minimum Gasteiger partial charge on any atom is -0.465 e. The number of rotatable bonds is 6. The molecule has 8 nitrogen and oxygen atoms in total. The third-order valence-electron chi connectivity index (χ3n) is 6.95. The molecule has 0 fully saturated rings. The molecule has 5 rings (SSSR count). The van der Waals surface area contributed by atoms with Crippen molar-refractivity contribution in [2.75, 3.05) is 7.11 Å². The first-order chi connectivity index (χ1) is 19.5. The molecule has 41 heavy (non-hydrogen) atoms. The number of esters is 1. The Morgan fingerprint density at radius 1 is 0.829 bits per heavy atom. The molecule has 11 heteroatoms. The number of fused-ring (bicyclic) bond motifs is 1. The van der Waals surface area contributed by atoms with Crippen LogP contribution >= 0.6 is 11.6 Å². The monoisotopic (exact) mass is 609 g/mol. The summed E-state index contributed by atoms with van der Waals surface area (Å²) < 4.78 is 62.5. The van der Waals surface area contributed by atoms with E-state index < -0.39 is 43.0 Å². The fourth-order valence-electron chi connectivity index (χ4n) is 4.92. The summed E-state index contributed by atoms with van der Waals surface area (Å²) in [6, 6.07) is 21.8. The maximum absolute atomic E-state index is 14.4. The van der Waals surface area contributed by atoms with Crippen LogP contribution in [0.5, 0.6) is 0 Å². The minimum absolute atomic E-state index is 0.0517. The van der Waals surface area contributed by atoms with Crippen molar-refractivity contribution in [3.05, 3.63) is 130 Å². The van der Waals surface area contributed by atoms with Crippen LogP contribution in [-0.4, -0.2) is 40.1 Å². The highest BCUT2D eigenvalue weighted by molar-refractivity contribution is 7.92. The van der Waals surface area contributed by atoms with E-state index in [1.165, 1.54) is 73.8 Å². The van der Waals surface area contributed by atoms with Crippen LogP contribution in [0.3, 0.4) is 0 Å². The normalized spacial score (nSPS) is 17.1. The topological polar surface area (TPSA) is 115 Å². The Hall–Kier alpha value is -3.99. The van der Waals surface area contributed by atoms with Crippen LogP contribution in [0.2, 0.25) is 5.02 Å². The SMILES string of the molecule is COC(=O)c1ccc(C2C(S(=O)(=O)c3ccccc3)c3ccc(Cl)cc3C(=O)N2S(=O)(=O)c2ccc(C)cc2)cc1. The summed E-state index contributed by atoms with van der Waals surface area (Å²) >= 11 is 6.22. The van der Waals surface area contributed by atoms with Gasteiger partial charge in [0.1, 0.15) is 5.25 Å². The fraction of sp³-hybridized carbons (Fsp3) is 0.133. The largest absolute Gasteiger partial charge is 0.465 e. The molecular weight excluding hydrogens is 586 g/mol. The Bertz CT molecular complexity index is 1860. The maximum atomic E-state index is 14.4. The standard InChI is InChI=1S/C30H24ClNO7S2/c1-19-8-15-24(16-9-19)41(37,38)32-27(20-10-12-21(13-11-20)30(34)39-2)28(40(35,36)23-6-4-3-5-7-23)25-17-14-22(31)18-26(25)29(32)33/h3-18,27-28H,1-2H3. The molecule has 0 aromatic heterocycles. The summed E-state index contributed by atoms with van der Waals surface area (Å²) in [5.74, 6) is -1.56. The van der Waals surface area contributed by atoms with E-state index in [0.717, 1.165) is 5.56 Å². The second-order valence-electron chi connectivity index (χ2n) is 9.49. The number of sulfonamides is 1. The molecule has 0 radical (unpaired) electrons. The molecule has 1 aliphatic heterocycles. The number of hydrogen-bond donors (Lipinski definition) is 0. The van der Waals surface area contributed by atoms with Gasteiger partial charge in [0.2, 0.25) is 0 Å². The Morgan fingerprint density at radius 3 is 2.07 bits per heavy atom. The molecular formula is C30H24ClNO7S2. The number of methoxy groups -OCH3 is 1. The molecule has 210 valence electrons. The molecule has 0 spiro atoms. The predicted octanol–water partition coefficient (Wildman–Crippen LogP) is 5.54. The number of amides is 1. The van der Waals surface area contributed by atoms with Crippen molar-refractivity contribution in [2.24, 2.45) is 0 Å². The van der Waals surface area contributed by atoms with E-state index in [1.807, 2.05) is 0 Å². The van der Waals surface area contributed by atoms with Crippen LogP contribution in [0.15, 0.2) is 107 Å². The van der Waals surface area contributed by atoms with Crippen LogP contribution in [0.1, 0.15) is 48.7 Å². The number of benzene rings is 4. The molecule has 2 unspecified atom stereocenters. The second-order valence-corrected chi connectivity index (χ2v) is 13.8. The van der Waals surface area contributed by atoms with E-state index in [2.05, 4.69) is 0 Å². The number of sulfone groups is 1. The highest BCUT2D eigenvalue weighted by atomic mass is 35.5. The second kappa shape index (κ2) is 10.8. The lowest BCUT2D eigenvalue weighted by molar-refractivity contribution is 0.0600. The Kier molecular flexibility index (Phi) is 7.50. The lowest BCUT2D eigenvalue weighted by Gasteiger charge is -2.41. The third kappa shape index (κ3) is 5.03. The average molecular weight is 610 g/mol. The van der Waals surface area contributed by atoms with Crippen molar-refractivity contribution >= 4 is 43.3 Å². The summed E-state index contributed by atoms with van der Waals surface area (Å²) in [5.41, 5.74) is 1.12. The number of aryl methyl sites for hydroxylation is 1. The van der Waals surface area contributed by atoms with Gasteiger partial charge in [0.15, 0.2) is 9.84 Å². The number of ether oxygens (including phenoxy) is 1. The van der Waals surface area contributed by atoms with Crippen LogP contribution in [-0.2, 0) is 24.6 Å². The quantitative estimate of drug-likeness (QED) is 0.264. The lowest BCUT2D eigenvalue weighted by Crippen LogP contribution is -2.47. The zero-order valence-corrected chi connectivity index (χ0v) is 24.3. The number of carbonyl (C=O) groups excluding carboxylic acids is 2. The third-order valence-corrected chi connectivity index (χ3v) is 11.1. The Balaban J connectivity index is 1.84. The number of carbonyl (C=O) groups is 2. The molecule has 4 aromatic rings. The van der Waals surface area contributed by atoms with E-state index in [-0.39, 0.29) is 37.1 Å². The van der Waals surface area contributed by atoms with Gasteiger partial charge in [0.05, 0.1) is 28.5 Å². The van der Waals surface area contributed by atoms with Gasteiger partial charge in [-0.2, -0.15) is 0 Å². The summed E-state index contributed by atoms with van der Waals surface area (Å²) in [5, 5.41) is -1.40. The number of nitrogens with zero attached hydrogens (tertiary/aromatic N) is 1. The zero-order chi connectivity index (χ0) is 29.5. The summed E-state index contributed by atoms with van der Waals surface area (Å²) in [7, 11) is -7.70. The highest BCUT2D eigenvalue weighted by Crippen LogP contribution is 2.50. The van der Waals surface area contributed by atoms with E-state index in [4.69, 9.17) is 16.3 Å². The molecule has 2 atom stereocenters. The maximum Gasteiger partial charge on any atom is 0.337 e. The summed E-state index contributed by atoms with van der Waals surface area (Å²) in [6.45, 7) is 1.79. The molecule has 1 amide bonds. The highest BCUT2D eigenvalue weighted by Gasteiger charge is 2.52. The van der Waals surface area contributed by atoms with Crippen molar-refractivity contribution < 1.29 is 31.2 Å². The van der Waals surface area contributed by atoms with Gasteiger partial charge in [-0.3, -0.25) is 4.79 Å². The van der Waals surface area contributed by atoms with Gasteiger partial charge >= 0.3 is 5.97 Å². The van der Waals surface area contributed by atoms with Crippen molar-refractivity contribution in [1.29, 1.82) is 0 Å². The summed E-state index contributed by atoms with van der Waals surface area (Å²) in [4.78, 5) is 26.0. The number of halogens is 1. The first kappa shape index (κ1) is 28.5. The van der Waals surface area contributed by atoms with Crippen LogP contribution in [0, 0.1) is 6.92 Å². The van der Waals surface area contributed by atoms with Gasteiger partial charge in [-0.25, -0.2) is 25.9 Å². The fourth-order valence-corrected chi connectivity index (χ4v) is 8.72. The van der Waals surface area contributed by atoms with Crippen molar-refractivity contribution in [3.63, 3.8) is 0 Å². The molecule has 0 bridgehead atoms. The van der Waals surface area contributed by atoms with Gasteiger partial charge in [-0.05, 0) is 66.6 Å². The van der Waals surface area contributed by atoms with Gasteiger partial charge < -0.3 is 4.74 Å². The van der Waals surface area contributed by atoms with E-state index in [9.17, 15) is 26.4 Å². The van der Waals surface area contributed by atoms with Gasteiger partial charge in [0.25, 0.3) is 15.9 Å². The van der Waals surface area contributed by atoms with Gasteiger partial charge in [-0.15, -0.1) is 0 Å². The first-order valence-electron chi connectivity index (χ1n) is 12.4. The van der Waals surface area contributed by atoms with Crippen molar-refractivity contribution in [3.8, 4) is 0 Å². The van der Waals surface area contributed by atoms with Crippen LogP contribution in [0.4, 0.5) is 0 Å². The van der Waals surface area contributed by atoms with Gasteiger partial charge in [-0.1, -0.05) is 65.7 Å². The Morgan fingerprint density at radius 2 is 1.46 bits per heavy atom. The molecule has 0 N–H and O–H groups in total. The zero-order valence-electron chi connectivity index (χ0n) is 21.9. The minimum atomic E-state index is -4.60. The van der Waals surface area contributed by atoms with E-state index in [0.29, 0.717) is 4.31 Å². The summed E-state index contributed by atoms with van der Waals surface area (Å²) in [6.07, 6.45) is 0. The molecule has 0 saturated heterocycles. The van der Waals surface area contributed by atoms with Crippen molar-refractivity contribution in [2.45, 2.75) is 28.0 Å². The molecule has 4 aromatic carbocycles. The molecule has 0 aliphatic carbocycles. The van der Waals surface area contributed by atoms with Crippen molar-refractivity contribution in [1.82, 2.24) is 4.31 Å². The average Bonchev–Trinajstić information content (AvgIpc) is 2.97. The predicted molar refractivity (Wildman–Crippen MR) is 153 cm³/mol. The van der Waals surface area contributed by atoms with Crippen LogP contribution in [0.25, 0.3) is 0 Å². The molecule has 0 saturated carbocycles. The smallest absolute Gasteiger partial charge is 0.337 e. The van der Waals surface area contributed by atoms with E-state index in [1.54, 1.807) is 37.3 Å². The molecule has 1 aliphatic rings. The number of hydrogen-bond acceptors (Lipinski definition) is 7. The first-order valence-corrected chi connectivity index (χ1v) is 15.8.